The summed E-state index contributed by atoms with van der Waals surface area (Å²) in [4.78, 5) is 0. The van der Waals surface area contributed by atoms with E-state index in [1.54, 1.807) is 0 Å². The zero-order chi connectivity index (χ0) is 13.7. The molecule has 0 heterocycles. The van der Waals surface area contributed by atoms with Crippen LogP contribution in [0.3, 0.4) is 0 Å². The molecule has 0 bridgehead atoms. The fraction of sp³-hybridized carbons (Fsp3) is 0.188. The van der Waals surface area contributed by atoms with E-state index in [1.165, 1.54) is 0 Å². The van der Waals surface area contributed by atoms with Gasteiger partial charge in [0.1, 0.15) is 0 Å². The van der Waals surface area contributed by atoms with E-state index in [4.69, 9.17) is 16.9 Å². The van der Waals surface area contributed by atoms with Crippen LogP contribution in [0.25, 0.3) is 0 Å². The van der Waals surface area contributed by atoms with Gasteiger partial charge in [0.15, 0.2) is 0 Å². The van der Waals surface area contributed by atoms with Crippen molar-refractivity contribution in [2.24, 2.45) is 0 Å². The maximum Gasteiger partial charge on any atom is 0.0669 e. The second-order valence-corrected chi connectivity index (χ2v) is 4.88. The lowest BCUT2D eigenvalue weighted by atomic mass is 10.1. The normalized spacial score (nSPS) is 9.95. The number of nitriles is 1. The predicted molar refractivity (Wildman–Crippen MR) is 79.3 cm³/mol. The summed E-state index contributed by atoms with van der Waals surface area (Å²) in [6.07, 6.45) is 0.452. The van der Waals surface area contributed by atoms with Crippen LogP contribution in [0.5, 0.6) is 0 Å². The standard InChI is InChI=1S/C16H15ClN2/c1-12-2-3-14(10-16(12)17)11-19-15-6-4-13(5-7-15)8-9-18/h2-7,10,19H,8,11H2,1H3. The van der Waals surface area contributed by atoms with Gasteiger partial charge < -0.3 is 5.32 Å². The van der Waals surface area contributed by atoms with Gasteiger partial charge in [-0.05, 0) is 41.8 Å². The number of rotatable bonds is 4. The van der Waals surface area contributed by atoms with Crippen molar-refractivity contribution < 1.29 is 0 Å². The molecule has 0 fully saturated rings. The number of aryl methyl sites for hydroxylation is 1. The summed E-state index contributed by atoms with van der Waals surface area (Å²) >= 11 is 6.09. The van der Waals surface area contributed by atoms with E-state index < -0.39 is 0 Å². The second kappa shape index (κ2) is 6.26. The molecule has 0 saturated carbocycles. The summed E-state index contributed by atoms with van der Waals surface area (Å²) in [7, 11) is 0. The van der Waals surface area contributed by atoms with Crippen LogP contribution in [0.15, 0.2) is 42.5 Å². The number of hydrogen-bond acceptors (Lipinski definition) is 2. The molecule has 0 aliphatic carbocycles. The highest BCUT2D eigenvalue weighted by molar-refractivity contribution is 6.31. The van der Waals surface area contributed by atoms with Crippen LogP contribution in [0.4, 0.5) is 5.69 Å². The summed E-state index contributed by atoms with van der Waals surface area (Å²) in [6, 6.07) is 16.1. The van der Waals surface area contributed by atoms with Crippen LogP contribution in [-0.2, 0) is 13.0 Å². The van der Waals surface area contributed by atoms with E-state index in [0.29, 0.717) is 6.42 Å². The fourth-order valence-corrected chi connectivity index (χ4v) is 1.99. The van der Waals surface area contributed by atoms with Crippen LogP contribution < -0.4 is 5.32 Å². The maximum atomic E-state index is 8.61. The molecule has 0 amide bonds. The third kappa shape index (κ3) is 3.74. The monoisotopic (exact) mass is 270 g/mol. The first-order valence-corrected chi connectivity index (χ1v) is 6.51. The Labute approximate surface area is 118 Å². The molecule has 96 valence electrons. The van der Waals surface area contributed by atoms with E-state index in [-0.39, 0.29) is 0 Å². The highest BCUT2D eigenvalue weighted by atomic mass is 35.5. The minimum Gasteiger partial charge on any atom is -0.381 e. The summed E-state index contributed by atoms with van der Waals surface area (Å²) in [5.41, 5.74) is 4.31. The molecule has 0 atom stereocenters. The average Bonchev–Trinajstić information content (AvgIpc) is 2.42. The third-order valence-corrected chi connectivity index (χ3v) is 3.38. The topological polar surface area (TPSA) is 35.8 Å². The Morgan fingerprint density at radius 2 is 1.79 bits per heavy atom. The van der Waals surface area contributed by atoms with Gasteiger partial charge in [-0.25, -0.2) is 0 Å². The van der Waals surface area contributed by atoms with Gasteiger partial charge in [0, 0.05) is 17.3 Å². The Morgan fingerprint density at radius 3 is 2.42 bits per heavy atom. The Balaban J connectivity index is 1.98. The van der Waals surface area contributed by atoms with Crippen LogP contribution in [0.1, 0.15) is 16.7 Å². The van der Waals surface area contributed by atoms with Gasteiger partial charge in [-0.1, -0.05) is 35.9 Å². The zero-order valence-electron chi connectivity index (χ0n) is 10.8. The lowest BCUT2D eigenvalue weighted by Gasteiger charge is -2.08. The molecule has 2 aromatic carbocycles. The van der Waals surface area contributed by atoms with Crippen molar-refractivity contribution in [2.75, 3.05) is 5.32 Å². The maximum absolute atomic E-state index is 8.61. The molecule has 19 heavy (non-hydrogen) atoms. The molecule has 0 aliphatic heterocycles. The smallest absolute Gasteiger partial charge is 0.0669 e. The van der Waals surface area contributed by atoms with Crippen LogP contribution in [-0.4, -0.2) is 0 Å². The van der Waals surface area contributed by atoms with E-state index >= 15 is 0 Å². The van der Waals surface area contributed by atoms with Gasteiger partial charge in [0.25, 0.3) is 0 Å². The molecule has 3 heteroatoms. The second-order valence-electron chi connectivity index (χ2n) is 4.47. The summed E-state index contributed by atoms with van der Waals surface area (Å²) in [5.74, 6) is 0. The molecule has 1 N–H and O–H groups in total. The molecule has 0 saturated heterocycles. The van der Waals surface area contributed by atoms with E-state index in [1.807, 2.05) is 43.3 Å². The predicted octanol–water partition coefficient (Wildman–Crippen LogP) is 4.33. The van der Waals surface area contributed by atoms with Crippen molar-refractivity contribution in [3.63, 3.8) is 0 Å². The quantitative estimate of drug-likeness (QED) is 0.898. The minimum atomic E-state index is 0.452. The third-order valence-electron chi connectivity index (χ3n) is 2.97. The highest BCUT2D eigenvalue weighted by Crippen LogP contribution is 2.18. The number of hydrogen-bond donors (Lipinski definition) is 1. The van der Waals surface area contributed by atoms with Gasteiger partial charge in [0.05, 0.1) is 12.5 Å². The highest BCUT2D eigenvalue weighted by Gasteiger charge is 1.99. The van der Waals surface area contributed by atoms with Gasteiger partial charge in [0.2, 0.25) is 0 Å². The van der Waals surface area contributed by atoms with Crippen molar-refractivity contribution in [3.8, 4) is 6.07 Å². The Kier molecular flexibility index (Phi) is 4.43. The van der Waals surface area contributed by atoms with Crippen LogP contribution in [0.2, 0.25) is 5.02 Å². The Hall–Kier alpha value is -1.98. The molecule has 2 nitrogen and oxygen atoms in total. The van der Waals surface area contributed by atoms with Crippen molar-refractivity contribution in [3.05, 3.63) is 64.2 Å². The van der Waals surface area contributed by atoms with E-state index in [0.717, 1.165) is 33.9 Å². The molecule has 0 aliphatic rings. The number of benzene rings is 2. The Bertz CT molecular complexity index is 597. The SMILES string of the molecule is Cc1ccc(CNc2ccc(CC#N)cc2)cc1Cl. The Morgan fingerprint density at radius 1 is 1.11 bits per heavy atom. The van der Waals surface area contributed by atoms with E-state index in [2.05, 4.69) is 17.5 Å². The first-order valence-electron chi connectivity index (χ1n) is 6.14. The first kappa shape index (κ1) is 13.5. The first-order chi connectivity index (χ1) is 9.19. The molecule has 0 unspecified atom stereocenters. The number of nitrogens with one attached hydrogen (secondary N) is 1. The summed E-state index contributed by atoms with van der Waals surface area (Å²) in [5, 5.41) is 12.7. The van der Waals surface area contributed by atoms with Crippen molar-refractivity contribution in [1.82, 2.24) is 0 Å². The van der Waals surface area contributed by atoms with Crippen molar-refractivity contribution in [1.29, 1.82) is 5.26 Å². The van der Waals surface area contributed by atoms with Crippen LogP contribution in [0, 0.1) is 18.3 Å². The minimum absolute atomic E-state index is 0.452. The summed E-state index contributed by atoms with van der Waals surface area (Å²) in [6.45, 7) is 2.73. The lowest BCUT2D eigenvalue weighted by molar-refractivity contribution is 1.14. The number of nitrogens with zero attached hydrogens (tertiary/aromatic N) is 1. The van der Waals surface area contributed by atoms with Gasteiger partial charge in [-0.2, -0.15) is 5.26 Å². The van der Waals surface area contributed by atoms with Gasteiger partial charge >= 0.3 is 0 Å². The van der Waals surface area contributed by atoms with Gasteiger partial charge in [-0.3, -0.25) is 0 Å². The molecule has 2 aromatic rings. The molecule has 2 rings (SSSR count). The van der Waals surface area contributed by atoms with Crippen molar-refractivity contribution >= 4 is 17.3 Å². The molecule has 0 spiro atoms. The van der Waals surface area contributed by atoms with E-state index in [9.17, 15) is 0 Å². The fourth-order valence-electron chi connectivity index (χ4n) is 1.78. The molecule has 0 radical (unpaired) electrons. The molecular weight excluding hydrogens is 256 g/mol. The molecule has 0 aromatic heterocycles. The zero-order valence-corrected chi connectivity index (χ0v) is 11.5. The summed E-state index contributed by atoms with van der Waals surface area (Å²) < 4.78 is 0. The molecular formula is C16H15ClN2. The largest absolute Gasteiger partial charge is 0.381 e. The number of anilines is 1. The average molecular weight is 271 g/mol. The van der Waals surface area contributed by atoms with Gasteiger partial charge in [-0.15, -0.1) is 0 Å². The number of halogens is 1. The van der Waals surface area contributed by atoms with Crippen molar-refractivity contribution in [2.45, 2.75) is 19.9 Å². The van der Waals surface area contributed by atoms with Crippen LogP contribution >= 0.6 is 11.6 Å². The lowest BCUT2D eigenvalue weighted by Crippen LogP contribution is -1.99.